The second-order valence-electron chi connectivity index (χ2n) is 6.04. The third-order valence-corrected chi connectivity index (χ3v) is 4.42. The van der Waals surface area contributed by atoms with Gasteiger partial charge in [0.25, 0.3) is 0 Å². The van der Waals surface area contributed by atoms with Crippen LogP contribution in [0.2, 0.25) is 0 Å². The van der Waals surface area contributed by atoms with Crippen LogP contribution < -0.4 is 0 Å². The molecule has 1 fully saturated rings. The van der Waals surface area contributed by atoms with Gasteiger partial charge in [0.1, 0.15) is 0 Å². The molecule has 1 N–H and O–H groups in total. The summed E-state index contributed by atoms with van der Waals surface area (Å²) in [5.41, 5.74) is 2.67. The monoisotopic (exact) mass is 290 g/mol. The number of rotatable bonds is 6. The highest BCUT2D eigenvalue weighted by Gasteiger charge is 2.21. The quantitative estimate of drug-likeness (QED) is 0.643. The van der Waals surface area contributed by atoms with Crippen molar-refractivity contribution in [3.63, 3.8) is 0 Å². The van der Waals surface area contributed by atoms with Gasteiger partial charge in [-0.3, -0.25) is 4.79 Å². The van der Waals surface area contributed by atoms with Gasteiger partial charge in [0.05, 0.1) is 13.2 Å². The van der Waals surface area contributed by atoms with Crippen LogP contribution in [-0.2, 0) is 16.0 Å². The number of benzene rings is 1. The summed E-state index contributed by atoms with van der Waals surface area (Å²) in [4.78, 5) is 11.0. The SMILES string of the molecule is COC(=O)CCCCc1ccc([C@@H]2CCC[C@H](O)C2)cc1. The molecule has 2 rings (SSSR count). The zero-order chi connectivity index (χ0) is 15.1. The largest absolute Gasteiger partial charge is 0.469 e. The van der Waals surface area contributed by atoms with E-state index >= 15 is 0 Å². The van der Waals surface area contributed by atoms with Crippen molar-refractivity contribution in [1.82, 2.24) is 0 Å². The topological polar surface area (TPSA) is 46.5 Å². The lowest BCUT2D eigenvalue weighted by Gasteiger charge is -2.26. The molecule has 1 saturated carbocycles. The molecule has 0 bridgehead atoms. The van der Waals surface area contributed by atoms with Gasteiger partial charge in [0, 0.05) is 6.42 Å². The van der Waals surface area contributed by atoms with Gasteiger partial charge in [-0.1, -0.05) is 30.7 Å². The maximum atomic E-state index is 11.0. The molecule has 1 aliphatic rings. The second-order valence-corrected chi connectivity index (χ2v) is 6.04. The van der Waals surface area contributed by atoms with Crippen LogP contribution in [0, 0.1) is 0 Å². The number of unbranched alkanes of at least 4 members (excludes halogenated alkanes) is 1. The van der Waals surface area contributed by atoms with Crippen molar-refractivity contribution < 1.29 is 14.6 Å². The van der Waals surface area contributed by atoms with Gasteiger partial charge in [0.15, 0.2) is 0 Å². The number of aliphatic hydroxyl groups is 1. The Morgan fingerprint density at radius 1 is 1.24 bits per heavy atom. The van der Waals surface area contributed by atoms with Crippen molar-refractivity contribution in [2.75, 3.05) is 7.11 Å². The van der Waals surface area contributed by atoms with E-state index in [1.807, 2.05) is 0 Å². The summed E-state index contributed by atoms with van der Waals surface area (Å²) in [6, 6.07) is 8.79. The van der Waals surface area contributed by atoms with E-state index in [2.05, 4.69) is 29.0 Å². The highest BCUT2D eigenvalue weighted by Crippen LogP contribution is 2.32. The summed E-state index contributed by atoms with van der Waals surface area (Å²) >= 11 is 0. The standard InChI is InChI=1S/C18H26O3/c1-21-18(20)8-3-2-5-14-9-11-15(12-10-14)16-6-4-7-17(19)13-16/h9-12,16-17,19H,2-8,13H2,1H3/t16-,17+/m1/s1. The lowest BCUT2D eigenvalue weighted by molar-refractivity contribution is -0.140. The van der Waals surface area contributed by atoms with Crippen LogP contribution in [0.3, 0.4) is 0 Å². The molecule has 1 aromatic rings. The van der Waals surface area contributed by atoms with Crippen molar-refractivity contribution in [1.29, 1.82) is 0 Å². The van der Waals surface area contributed by atoms with Gasteiger partial charge in [0.2, 0.25) is 0 Å². The van der Waals surface area contributed by atoms with Gasteiger partial charge in [-0.05, 0) is 55.6 Å². The van der Waals surface area contributed by atoms with Crippen LogP contribution >= 0.6 is 0 Å². The number of hydrogen-bond acceptors (Lipinski definition) is 3. The van der Waals surface area contributed by atoms with E-state index in [1.54, 1.807) is 0 Å². The highest BCUT2D eigenvalue weighted by molar-refractivity contribution is 5.68. The molecule has 0 amide bonds. The normalized spacial score (nSPS) is 22.0. The minimum absolute atomic E-state index is 0.123. The molecule has 1 aliphatic carbocycles. The summed E-state index contributed by atoms with van der Waals surface area (Å²) < 4.78 is 4.63. The first-order valence-electron chi connectivity index (χ1n) is 8.02. The summed E-state index contributed by atoms with van der Waals surface area (Å²) in [7, 11) is 1.43. The first kappa shape index (κ1) is 16.0. The molecule has 0 radical (unpaired) electrons. The third kappa shape index (κ3) is 5.16. The molecular formula is C18H26O3. The van der Waals surface area contributed by atoms with Crippen LogP contribution in [-0.4, -0.2) is 24.3 Å². The molecule has 2 atom stereocenters. The van der Waals surface area contributed by atoms with Crippen molar-refractivity contribution in [3.8, 4) is 0 Å². The first-order chi connectivity index (χ1) is 10.2. The van der Waals surface area contributed by atoms with E-state index in [-0.39, 0.29) is 12.1 Å². The molecule has 3 heteroatoms. The third-order valence-electron chi connectivity index (χ3n) is 4.42. The van der Waals surface area contributed by atoms with E-state index < -0.39 is 0 Å². The van der Waals surface area contributed by atoms with Gasteiger partial charge >= 0.3 is 5.97 Å². The fraction of sp³-hybridized carbons (Fsp3) is 0.611. The minimum atomic E-state index is -0.124. The van der Waals surface area contributed by atoms with E-state index in [4.69, 9.17) is 0 Å². The van der Waals surface area contributed by atoms with Crippen molar-refractivity contribution >= 4 is 5.97 Å². The molecule has 21 heavy (non-hydrogen) atoms. The number of esters is 1. The summed E-state index contributed by atoms with van der Waals surface area (Å²) in [6.45, 7) is 0. The molecule has 0 saturated heterocycles. The number of carbonyl (C=O) groups is 1. The average Bonchev–Trinajstić information content (AvgIpc) is 2.52. The number of aryl methyl sites for hydroxylation is 1. The Morgan fingerprint density at radius 2 is 2.00 bits per heavy atom. The zero-order valence-corrected chi connectivity index (χ0v) is 12.9. The van der Waals surface area contributed by atoms with Gasteiger partial charge in [-0.2, -0.15) is 0 Å². The summed E-state index contributed by atoms with van der Waals surface area (Å²) in [5.74, 6) is 0.392. The lowest BCUT2D eigenvalue weighted by Crippen LogP contribution is -2.18. The Labute approximate surface area is 127 Å². The highest BCUT2D eigenvalue weighted by atomic mass is 16.5. The van der Waals surface area contributed by atoms with Crippen LogP contribution in [0.15, 0.2) is 24.3 Å². The smallest absolute Gasteiger partial charge is 0.305 e. The van der Waals surface area contributed by atoms with Crippen LogP contribution in [0.1, 0.15) is 62.0 Å². The van der Waals surface area contributed by atoms with Crippen molar-refractivity contribution in [2.45, 2.75) is 63.4 Å². The predicted octanol–water partition coefficient (Wildman–Crippen LogP) is 3.59. The summed E-state index contributed by atoms with van der Waals surface area (Å²) in [6.07, 6.45) is 7.45. The van der Waals surface area contributed by atoms with Crippen LogP contribution in [0.4, 0.5) is 0 Å². The molecule has 0 spiro atoms. The molecule has 0 unspecified atom stereocenters. The molecular weight excluding hydrogens is 264 g/mol. The Kier molecular flexibility index (Phi) is 6.24. The number of ether oxygens (including phenoxy) is 1. The molecule has 116 valence electrons. The van der Waals surface area contributed by atoms with Crippen LogP contribution in [0.5, 0.6) is 0 Å². The maximum absolute atomic E-state index is 11.0. The Bertz CT molecular complexity index is 438. The molecule has 0 aliphatic heterocycles. The van der Waals surface area contributed by atoms with Crippen molar-refractivity contribution in [3.05, 3.63) is 35.4 Å². The minimum Gasteiger partial charge on any atom is -0.469 e. The van der Waals surface area contributed by atoms with E-state index in [1.165, 1.54) is 24.7 Å². The van der Waals surface area contributed by atoms with E-state index in [9.17, 15) is 9.90 Å². The molecule has 1 aromatic carbocycles. The first-order valence-corrected chi connectivity index (χ1v) is 8.02. The molecule has 3 nitrogen and oxygen atoms in total. The van der Waals surface area contributed by atoms with Gasteiger partial charge < -0.3 is 9.84 Å². The van der Waals surface area contributed by atoms with Crippen molar-refractivity contribution in [2.24, 2.45) is 0 Å². The number of hydrogen-bond donors (Lipinski definition) is 1. The fourth-order valence-electron chi connectivity index (χ4n) is 3.12. The lowest BCUT2D eigenvalue weighted by atomic mass is 9.82. The Balaban J connectivity index is 1.77. The Morgan fingerprint density at radius 3 is 2.67 bits per heavy atom. The summed E-state index contributed by atoms with van der Waals surface area (Å²) in [5, 5.41) is 9.77. The van der Waals surface area contributed by atoms with Crippen LogP contribution in [0.25, 0.3) is 0 Å². The number of methoxy groups -OCH3 is 1. The molecule has 0 aromatic heterocycles. The molecule has 0 heterocycles. The average molecular weight is 290 g/mol. The maximum Gasteiger partial charge on any atom is 0.305 e. The number of carbonyl (C=O) groups excluding carboxylic acids is 1. The second kappa shape index (κ2) is 8.18. The van der Waals surface area contributed by atoms with Gasteiger partial charge in [-0.15, -0.1) is 0 Å². The number of aliphatic hydroxyl groups excluding tert-OH is 1. The fourth-order valence-corrected chi connectivity index (χ4v) is 3.12. The zero-order valence-electron chi connectivity index (χ0n) is 12.9. The Hall–Kier alpha value is -1.35. The predicted molar refractivity (Wildman–Crippen MR) is 83.2 cm³/mol. The van der Waals surface area contributed by atoms with Gasteiger partial charge in [-0.25, -0.2) is 0 Å². The van der Waals surface area contributed by atoms with E-state index in [0.29, 0.717) is 12.3 Å². The van der Waals surface area contributed by atoms with E-state index in [0.717, 1.165) is 38.5 Å².